The zero-order chi connectivity index (χ0) is 26.4. The molecule has 1 aliphatic heterocycles. The van der Waals surface area contributed by atoms with E-state index < -0.39 is 30.4 Å². The van der Waals surface area contributed by atoms with Gasteiger partial charge in [0.25, 0.3) is 5.91 Å². The minimum absolute atomic E-state index is 0.0957. The van der Waals surface area contributed by atoms with Crippen LogP contribution >= 0.6 is 0 Å². The van der Waals surface area contributed by atoms with E-state index in [9.17, 15) is 15.0 Å². The van der Waals surface area contributed by atoms with E-state index in [1.165, 1.54) is 10.9 Å². The Morgan fingerprint density at radius 2 is 1.95 bits per heavy atom. The SMILES string of the molecule is Cc1cncc(-c2nc(NCc3cc(C)ccn3)c3ncn([C@@H]4O[C@H](C(=O)NC5CC5)[C@@H](O)[C@H]4O)c3n2)c1. The number of aryl methyl sites for hydroxylation is 2. The molecule has 5 heterocycles. The lowest BCUT2D eigenvalue weighted by Crippen LogP contribution is -2.43. The monoisotopic (exact) mass is 516 g/mol. The Hall–Kier alpha value is -4.00. The van der Waals surface area contributed by atoms with Gasteiger partial charge in [0.2, 0.25) is 0 Å². The van der Waals surface area contributed by atoms with Crippen LogP contribution in [0.5, 0.6) is 0 Å². The molecule has 1 saturated carbocycles. The van der Waals surface area contributed by atoms with Crippen LogP contribution in [-0.2, 0) is 16.1 Å². The fourth-order valence-corrected chi connectivity index (χ4v) is 4.52. The summed E-state index contributed by atoms with van der Waals surface area (Å²) in [6, 6.07) is 5.92. The number of nitrogens with one attached hydrogen (secondary N) is 2. The van der Waals surface area contributed by atoms with Crippen LogP contribution in [0.25, 0.3) is 22.6 Å². The van der Waals surface area contributed by atoms with E-state index in [4.69, 9.17) is 14.7 Å². The van der Waals surface area contributed by atoms with Crippen LogP contribution in [0, 0.1) is 13.8 Å². The number of hydrogen-bond donors (Lipinski definition) is 4. The summed E-state index contributed by atoms with van der Waals surface area (Å²) in [5, 5.41) is 27.6. The van der Waals surface area contributed by atoms with Gasteiger partial charge in [-0.1, -0.05) is 0 Å². The average Bonchev–Trinajstić information content (AvgIpc) is 3.54. The molecule has 12 heteroatoms. The lowest BCUT2D eigenvalue weighted by Gasteiger charge is -2.17. The number of pyridine rings is 2. The van der Waals surface area contributed by atoms with Gasteiger partial charge in [-0.2, -0.15) is 0 Å². The topological polar surface area (TPSA) is 160 Å². The molecule has 0 unspecified atom stereocenters. The van der Waals surface area contributed by atoms with Crippen LogP contribution in [0.1, 0.15) is 35.9 Å². The average molecular weight is 517 g/mol. The fourth-order valence-electron chi connectivity index (χ4n) is 4.52. The highest BCUT2D eigenvalue weighted by atomic mass is 16.6. The van der Waals surface area contributed by atoms with Crippen molar-refractivity contribution in [1.82, 2.24) is 34.8 Å². The Kier molecular flexibility index (Phi) is 6.22. The number of amides is 1. The van der Waals surface area contributed by atoms with Crippen molar-refractivity contribution >= 4 is 22.9 Å². The number of rotatable bonds is 7. The number of nitrogens with zero attached hydrogens (tertiary/aromatic N) is 6. The fraction of sp³-hybridized carbons (Fsp3) is 0.385. The molecule has 12 nitrogen and oxygen atoms in total. The molecule has 1 aliphatic carbocycles. The predicted molar refractivity (Wildman–Crippen MR) is 137 cm³/mol. The number of aliphatic hydroxyl groups is 2. The molecule has 196 valence electrons. The molecule has 1 amide bonds. The lowest BCUT2D eigenvalue weighted by molar-refractivity contribution is -0.137. The number of carbonyl (C=O) groups excluding carboxylic acids is 1. The zero-order valence-corrected chi connectivity index (χ0v) is 20.9. The number of ether oxygens (including phenoxy) is 1. The van der Waals surface area contributed by atoms with Crippen LogP contribution in [-0.4, -0.2) is 70.0 Å². The maximum atomic E-state index is 12.6. The van der Waals surface area contributed by atoms with Gasteiger partial charge in [-0.05, 0) is 56.0 Å². The van der Waals surface area contributed by atoms with Gasteiger partial charge in [-0.15, -0.1) is 0 Å². The summed E-state index contributed by atoms with van der Waals surface area (Å²) in [5.74, 6) is 0.413. The third-order valence-electron chi connectivity index (χ3n) is 6.66. The molecule has 0 aromatic carbocycles. The van der Waals surface area contributed by atoms with Crippen molar-refractivity contribution in [2.45, 2.75) is 63.8 Å². The van der Waals surface area contributed by atoms with E-state index >= 15 is 0 Å². The summed E-state index contributed by atoms with van der Waals surface area (Å²) in [6.45, 7) is 4.33. The molecule has 0 bridgehead atoms. The molecular weight excluding hydrogens is 488 g/mol. The number of imidazole rings is 1. The normalized spacial score (nSPS) is 23.1. The summed E-state index contributed by atoms with van der Waals surface area (Å²) < 4.78 is 7.41. The standard InChI is InChI=1S/C26H28N8O4/c1-13-5-6-28-17(8-13)11-29-23-18-24(33-22(32-23)15-7-14(2)9-27-10-15)34(12-30-18)26-20(36)19(35)21(38-26)25(37)31-16-3-4-16/h5-10,12,16,19-21,26,35-36H,3-4,11H2,1-2H3,(H,31,37)(H,29,32,33)/t19-,20+,21-,26+/m0/s1. The minimum atomic E-state index is -1.40. The summed E-state index contributed by atoms with van der Waals surface area (Å²) in [5.41, 5.74) is 4.38. The molecule has 2 aliphatic rings. The minimum Gasteiger partial charge on any atom is -0.387 e. The highest BCUT2D eigenvalue weighted by Crippen LogP contribution is 2.34. The molecule has 0 radical (unpaired) electrons. The lowest BCUT2D eigenvalue weighted by atomic mass is 10.1. The van der Waals surface area contributed by atoms with Crippen LogP contribution in [0.15, 0.2) is 43.1 Å². The Labute approximate surface area is 218 Å². The van der Waals surface area contributed by atoms with Crippen molar-refractivity contribution in [3.05, 3.63) is 59.9 Å². The van der Waals surface area contributed by atoms with Gasteiger partial charge in [0, 0.05) is 30.2 Å². The van der Waals surface area contributed by atoms with E-state index in [1.54, 1.807) is 18.6 Å². The van der Waals surface area contributed by atoms with E-state index in [0.717, 1.165) is 29.7 Å². The van der Waals surface area contributed by atoms with E-state index in [1.807, 2.05) is 32.0 Å². The number of anilines is 1. The van der Waals surface area contributed by atoms with Crippen LogP contribution in [0.3, 0.4) is 0 Å². The maximum Gasteiger partial charge on any atom is 0.252 e. The molecule has 2 fully saturated rings. The van der Waals surface area contributed by atoms with Gasteiger partial charge in [0.1, 0.15) is 12.2 Å². The van der Waals surface area contributed by atoms with Crippen LogP contribution in [0.2, 0.25) is 0 Å². The van der Waals surface area contributed by atoms with Gasteiger partial charge in [0.05, 0.1) is 18.6 Å². The first-order valence-electron chi connectivity index (χ1n) is 12.5. The Balaban J connectivity index is 1.38. The predicted octanol–water partition coefficient (Wildman–Crippen LogP) is 1.41. The molecule has 4 atom stereocenters. The maximum absolute atomic E-state index is 12.6. The van der Waals surface area contributed by atoms with E-state index in [0.29, 0.717) is 34.9 Å². The van der Waals surface area contributed by atoms with E-state index in [2.05, 4.69) is 25.6 Å². The second kappa shape index (κ2) is 9.71. The van der Waals surface area contributed by atoms with Crippen molar-refractivity contribution in [2.24, 2.45) is 0 Å². The van der Waals surface area contributed by atoms with Gasteiger partial charge in [0.15, 0.2) is 35.1 Å². The second-order valence-corrected chi connectivity index (χ2v) is 9.86. The van der Waals surface area contributed by atoms with Crippen molar-refractivity contribution in [3.8, 4) is 11.4 Å². The van der Waals surface area contributed by atoms with Gasteiger partial charge in [-0.25, -0.2) is 15.0 Å². The van der Waals surface area contributed by atoms with Crippen LogP contribution in [0.4, 0.5) is 5.82 Å². The Morgan fingerprint density at radius 3 is 2.71 bits per heavy atom. The van der Waals surface area contributed by atoms with E-state index in [-0.39, 0.29) is 6.04 Å². The summed E-state index contributed by atoms with van der Waals surface area (Å²) in [4.78, 5) is 35.2. The second-order valence-electron chi connectivity index (χ2n) is 9.86. The summed E-state index contributed by atoms with van der Waals surface area (Å²) in [7, 11) is 0. The van der Waals surface area contributed by atoms with Crippen LogP contribution < -0.4 is 10.6 Å². The number of aromatic nitrogens is 6. The number of carbonyl (C=O) groups is 1. The van der Waals surface area contributed by atoms with Crippen molar-refractivity contribution in [1.29, 1.82) is 0 Å². The molecule has 38 heavy (non-hydrogen) atoms. The van der Waals surface area contributed by atoms with Gasteiger partial charge < -0.3 is 25.6 Å². The number of aliphatic hydroxyl groups excluding tert-OH is 2. The third-order valence-corrected chi connectivity index (χ3v) is 6.66. The first-order valence-corrected chi connectivity index (χ1v) is 12.5. The van der Waals surface area contributed by atoms with Gasteiger partial charge >= 0.3 is 0 Å². The summed E-state index contributed by atoms with van der Waals surface area (Å²) in [6.07, 6.45) is 3.38. The molecular formula is C26H28N8O4. The largest absolute Gasteiger partial charge is 0.387 e. The third kappa shape index (κ3) is 4.69. The highest BCUT2D eigenvalue weighted by Gasteiger charge is 2.48. The van der Waals surface area contributed by atoms with Crippen molar-refractivity contribution in [2.75, 3.05) is 5.32 Å². The number of fused-ring (bicyclic) bond motifs is 1. The molecule has 0 spiro atoms. The first-order chi connectivity index (χ1) is 18.4. The molecule has 6 rings (SSSR count). The smallest absolute Gasteiger partial charge is 0.252 e. The number of hydrogen-bond acceptors (Lipinski definition) is 10. The zero-order valence-electron chi connectivity index (χ0n) is 20.9. The Morgan fingerprint density at radius 1 is 1.11 bits per heavy atom. The summed E-state index contributed by atoms with van der Waals surface area (Å²) >= 11 is 0. The van der Waals surface area contributed by atoms with Gasteiger partial charge in [-0.3, -0.25) is 19.3 Å². The quantitative estimate of drug-likeness (QED) is 0.283. The molecule has 4 N–H and O–H groups in total. The van der Waals surface area contributed by atoms with Crippen molar-refractivity contribution in [3.63, 3.8) is 0 Å². The molecule has 4 aromatic rings. The molecule has 1 saturated heterocycles. The highest BCUT2D eigenvalue weighted by molar-refractivity contribution is 5.85. The Bertz CT molecular complexity index is 1500. The first kappa shape index (κ1) is 24.3. The van der Waals surface area contributed by atoms with Crippen molar-refractivity contribution < 1.29 is 19.7 Å². The molecule has 4 aromatic heterocycles.